The van der Waals surface area contributed by atoms with E-state index < -0.39 is 0 Å². The van der Waals surface area contributed by atoms with Crippen LogP contribution < -0.4 is 15.4 Å². The molecule has 0 aliphatic rings. The van der Waals surface area contributed by atoms with E-state index in [2.05, 4.69) is 15.6 Å². The molecule has 0 aliphatic heterocycles. The Morgan fingerprint density at radius 3 is 2.64 bits per heavy atom. The number of aromatic nitrogens is 1. The zero-order valence-corrected chi connectivity index (χ0v) is 15.2. The normalized spacial score (nSPS) is 12.2. The maximum absolute atomic E-state index is 12.0. The van der Waals surface area contributed by atoms with Crippen LogP contribution in [0.15, 0.2) is 41.1 Å². The molecular formula is C18H26N4O3. The maximum Gasteiger partial charge on any atom is 0.315 e. The van der Waals surface area contributed by atoms with Crippen molar-refractivity contribution < 1.29 is 13.9 Å². The molecule has 7 heteroatoms. The second kappa shape index (κ2) is 9.08. The number of hydrogen-bond donors (Lipinski definition) is 2. The first kappa shape index (κ1) is 18.8. The Kier molecular flexibility index (Phi) is 6.82. The highest BCUT2D eigenvalue weighted by molar-refractivity contribution is 5.73. The summed E-state index contributed by atoms with van der Waals surface area (Å²) in [6.45, 7) is 4.75. The average molecular weight is 346 g/mol. The molecule has 2 heterocycles. The fourth-order valence-electron chi connectivity index (χ4n) is 2.28. The van der Waals surface area contributed by atoms with Crippen molar-refractivity contribution in [3.8, 4) is 5.88 Å². The van der Waals surface area contributed by atoms with Crippen LogP contribution in [0.25, 0.3) is 0 Å². The minimum atomic E-state index is -0.235. The largest absolute Gasteiger partial charge is 0.475 e. The van der Waals surface area contributed by atoms with Crippen LogP contribution in [0.5, 0.6) is 5.88 Å². The highest BCUT2D eigenvalue weighted by Crippen LogP contribution is 2.17. The topological polar surface area (TPSA) is 79.6 Å². The number of likely N-dealkylation sites (N-methyl/N-ethyl adjacent to an activating group) is 1. The Morgan fingerprint density at radius 1 is 1.28 bits per heavy atom. The van der Waals surface area contributed by atoms with Crippen LogP contribution in [0.1, 0.15) is 31.2 Å². The third-order valence-corrected chi connectivity index (χ3v) is 3.56. The fourth-order valence-corrected chi connectivity index (χ4v) is 2.28. The highest BCUT2D eigenvalue weighted by Gasteiger charge is 2.17. The molecule has 1 atom stereocenters. The lowest BCUT2D eigenvalue weighted by atomic mass is 10.2. The fraction of sp³-hybridized carbons (Fsp3) is 0.444. The molecule has 0 saturated carbocycles. The summed E-state index contributed by atoms with van der Waals surface area (Å²) in [4.78, 5) is 18.2. The summed E-state index contributed by atoms with van der Waals surface area (Å²) < 4.78 is 10.9. The first-order chi connectivity index (χ1) is 12.0. The van der Waals surface area contributed by atoms with Crippen molar-refractivity contribution in [2.45, 2.75) is 32.5 Å². The number of carbonyl (C=O) groups is 1. The van der Waals surface area contributed by atoms with Gasteiger partial charge < -0.3 is 19.8 Å². The van der Waals surface area contributed by atoms with E-state index in [1.165, 1.54) is 0 Å². The summed E-state index contributed by atoms with van der Waals surface area (Å²) >= 11 is 0. The number of rotatable bonds is 8. The number of furan rings is 1. The first-order valence-electron chi connectivity index (χ1n) is 8.29. The van der Waals surface area contributed by atoms with E-state index >= 15 is 0 Å². The van der Waals surface area contributed by atoms with Gasteiger partial charge in [-0.05, 0) is 45.6 Å². The molecule has 0 fully saturated rings. The van der Waals surface area contributed by atoms with Gasteiger partial charge in [-0.2, -0.15) is 0 Å². The first-order valence-corrected chi connectivity index (χ1v) is 8.29. The summed E-state index contributed by atoms with van der Waals surface area (Å²) in [6.07, 6.45) is 3.41. The summed E-state index contributed by atoms with van der Waals surface area (Å²) in [5, 5.41) is 5.68. The second-order valence-electron chi connectivity index (χ2n) is 6.23. The molecule has 2 aromatic heterocycles. The van der Waals surface area contributed by atoms with Gasteiger partial charge in [0.15, 0.2) is 0 Å². The molecule has 2 amide bonds. The van der Waals surface area contributed by atoms with Crippen LogP contribution in [-0.4, -0.2) is 42.7 Å². The molecule has 0 radical (unpaired) electrons. The van der Waals surface area contributed by atoms with Gasteiger partial charge in [0.05, 0.1) is 18.4 Å². The molecule has 2 rings (SSSR count). The quantitative estimate of drug-likeness (QED) is 0.768. The number of amides is 2. The Morgan fingerprint density at radius 2 is 2.08 bits per heavy atom. The van der Waals surface area contributed by atoms with Crippen molar-refractivity contribution in [3.05, 3.63) is 48.0 Å². The monoisotopic (exact) mass is 346 g/mol. The predicted molar refractivity (Wildman–Crippen MR) is 95.4 cm³/mol. The maximum atomic E-state index is 12.0. The molecule has 0 aliphatic carbocycles. The zero-order valence-electron chi connectivity index (χ0n) is 15.2. The molecule has 0 bridgehead atoms. The Balaban J connectivity index is 1.78. The van der Waals surface area contributed by atoms with E-state index in [4.69, 9.17) is 9.15 Å². The van der Waals surface area contributed by atoms with Crippen molar-refractivity contribution in [1.29, 1.82) is 0 Å². The minimum Gasteiger partial charge on any atom is -0.475 e. The van der Waals surface area contributed by atoms with Gasteiger partial charge in [-0.1, -0.05) is 6.07 Å². The van der Waals surface area contributed by atoms with Crippen LogP contribution >= 0.6 is 0 Å². The Labute approximate surface area is 148 Å². The van der Waals surface area contributed by atoms with Crippen LogP contribution in [0.4, 0.5) is 4.79 Å². The van der Waals surface area contributed by atoms with E-state index in [-0.39, 0.29) is 18.2 Å². The van der Waals surface area contributed by atoms with Gasteiger partial charge in [-0.15, -0.1) is 0 Å². The lowest BCUT2D eigenvalue weighted by molar-refractivity contribution is 0.225. The molecule has 0 saturated heterocycles. The van der Waals surface area contributed by atoms with Gasteiger partial charge in [0.1, 0.15) is 5.76 Å². The molecule has 136 valence electrons. The number of nitrogens with zero attached hydrogens (tertiary/aromatic N) is 2. The molecule has 0 unspecified atom stereocenters. The zero-order chi connectivity index (χ0) is 18.2. The lowest BCUT2D eigenvalue weighted by Gasteiger charge is -2.22. The van der Waals surface area contributed by atoms with Crippen LogP contribution in [0.3, 0.4) is 0 Å². The van der Waals surface area contributed by atoms with Crippen LogP contribution in [0, 0.1) is 0 Å². The van der Waals surface area contributed by atoms with Gasteiger partial charge in [0.25, 0.3) is 0 Å². The van der Waals surface area contributed by atoms with Gasteiger partial charge in [-0.25, -0.2) is 9.78 Å². The number of pyridine rings is 1. The van der Waals surface area contributed by atoms with E-state index in [1.54, 1.807) is 18.5 Å². The van der Waals surface area contributed by atoms with Crippen LogP contribution in [-0.2, 0) is 6.54 Å². The third-order valence-electron chi connectivity index (χ3n) is 3.56. The summed E-state index contributed by atoms with van der Waals surface area (Å²) in [6, 6.07) is 7.17. The molecule has 2 aromatic rings. The number of nitrogens with one attached hydrogen (secondary N) is 2. The van der Waals surface area contributed by atoms with Crippen LogP contribution in [0.2, 0.25) is 0 Å². The Hall–Kier alpha value is -2.54. The predicted octanol–water partition coefficient (Wildman–Crippen LogP) is 2.56. The van der Waals surface area contributed by atoms with Gasteiger partial charge in [0, 0.05) is 25.4 Å². The molecule has 2 N–H and O–H groups in total. The third kappa shape index (κ3) is 6.11. The van der Waals surface area contributed by atoms with E-state index in [0.29, 0.717) is 19.0 Å². The number of carbonyl (C=O) groups excluding carboxylic acids is 1. The number of hydrogen-bond acceptors (Lipinski definition) is 5. The van der Waals surface area contributed by atoms with Crippen molar-refractivity contribution >= 4 is 6.03 Å². The number of ether oxygens (including phenoxy) is 1. The van der Waals surface area contributed by atoms with Crippen molar-refractivity contribution in [2.75, 3.05) is 20.6 Å². The standard InChI is InChI=1S/C18H26N4O3/c1-13(2)25-17-8-7-14(10-19-17)11-20-18(23)21-12-15(22(3)4)16-6-5-9-24-16/h5-10,13,15H,11-12H2,1-4H3,(H2,20,21,23)/t15-/m1/s1. The summed E-state index contributed by atoms with van der Waals surface area (Å²) in [7, 11) is 3.89. The highest BCUT2D eigenvalue weighted by atomic mass is 16.5. The van der Waals surface area contributed by atoms with Gasteiger partial charge in [-0.3, -0.25) is 4.90 Å². The smallest absolute Gasteiger partial charge is 0.315 e. The van der Waals surface area contributed by atoms with E-state index in [1.807, 2.05) is 51.0 Å². The molecular weight excluding hydrogens is 320 g/mol. The van der Waals surface area contributed by atoms with Crippen molar-refractivity contribution in [2.24, 2.45) is 0 Å². The minimum absolute atomic E-state index is 0.0186. The molecule has 7 nitrogen and oxygen atoms in total. The second-order valence-corrected chi connectivity index (χ2v) is 6.23. The molecule has 0 aromatic carbocycles. The Bertz CT molecular complexity index is 639. The molecule has 0 spiro atoms. The summed E-state index contributed by atoms with van der Waals surface area (Å²) in [5.41, 5.74) is 0.904. The lowest BCUT2D eigenvalue weighted by Crippen LogP contribution is -2.40. The van der Waals surface area contributed by atoms with Crippen molar-refractivity contribution in [1.82, 2.24) is 20.5 Å². The molecule has 25 heavy (non-hydrogen) atoms. The van der Waals surface area contributed by atoms with E-state index in [0.717, 1.165) is 11.3 Å². The van der Waals surface area contributed by atoms with E-state index in [9.17, 15) is 4.79 Å². The summed E-state index contributed by atoms with van der Waals surface area (Å²) in [5.74, 6) is 1.39. The van der Waals surface area contributed by atoms with Crippen molar-refractivity contribution in [3.63, 3.8) is 0 Å². The van der Waals surface area contributed by atoms with Gasteiger partial charge in [0.2, 0.25) is 5.88 Å². The average Bonchev–Trinajstić information content (AvgIpc) is 3.08. The number of urea groups is 1. The SMILES string of the molecule is CC(C)Oc1ccc(CNC(=O)NC[C@H](c2ccco2)N(C)C)cn1. The van der Waals surface area contributed by atoms with Gasteiger partial charge >= 0.3 is 6.03 Å².